The van der Waals surface area contributed by atoms with Crippen LogP contribution in [0.15, 0.2) is 12.3 Å². The van der Waals surface area contributed by atoms with Crippen molar-refractivity contribution in [2.75, 3.05) is 4.72 Å². The Labute approximate surface area is 81.1 Å². The summed E-state index contributed by atoms with van der Waals surface area (Å²) in [6.45, 7) is 1.71. The zero-order valence-corrected chi connectivity index (χ0v) is 8.35. The zero-order chi connectivity index (χ0) is 10.1. The zero-order valence-electron chi connectivity index (χ0n) is 6.78. The van der Waals surface area contributed by atoms with Crippen LogP contribution in [-0.4, -0.2) is 13.4 Å². The fraction of sp³-hybridized carbons (Fsp3) is 0.167. The predicted molar refractivity (Wildman–Crippen MR) is 50.7 cm³/mol. The molecule has 0 bridgehead atoms. The Hall–Kier alpha value is -0.850. The average molecular weight is 222 g/mol. The van der Waals surface area contributed by atoms with Gasteiger partial charge in [-0.1, -0.05) is 11.6 Å². The highest BCUT2D eigenvalue weighted by Gasteiger charge is 2.04. The lowest BCUT2D eigenvalue weighted by Gasteiger charge is -2.03. The van der Waals surface area contributed by atoms with E-state index in [-0.39, 0.29) is 0 Å². The van der Waals surface area contributed by atoms with E-state index in [1.54, 1.807) is 13.0 Å². The molecule has 0 radical (unpaired) electrons. The fourth-order valence-electron chi connectivity index (χ4n) is 0.778. The number of aromatic nitrogens is 1. The number of rotatable bonds is 2. The highest BCUT2D eigenvalue weighted by molar-refractivity contribution is 7.90. The largest absolute Gasteiger partial charge is 0.296 e. The number of halogens is 1. The summed E-state index contributed by atoms with van der Waals surface area (Å²) in [6, 6.07) is 1.54. The molecule has 0 atom stereocenters. The second kappa shape index (κ2) is 3.49. The Morgan fingerprint density at radius 3 is 2.69 bits per heavy atom. The van der Waals surface area contributed by atoms with Gasteiger partial charge in [-0.3, -0.25) is 4.72 Å². The molecule has 0 spiro atoms. The molecule has 72 valence electrons. The molecule has 0 aromatic carbocycles. The van der Waals surface area contributed by atoms with Gasteiger partial charge in [-0.15, -0.1) is 0 Å². The molecule has 0 unspecified atom stereocenters. The first-order chi connectivity index (χ1) is 5.88. The Balaban J connectivity index is 2.99. The summed E-state index contributed by atoms with van der Waals surface area (Å²) in [5, 5.41) is 5.09. The minimum atomic E-state index is -3.74. The lowest BCUT2D eigenvalue weighted by molar-refractivity contribution is 0.603. The Kier molecular flexibility index (Phi) is 2.74. The number of pyridine rings is 1. The van der Waals surface area contributed by atoms with Crippen molar-refractivity contribution in [1.82, 2.24) is 4.98 Å². The van der Waals surface area contributed by atoms with Crippen LogP contribution in [0, 0.1) is 6.92 Å². The Bertz CT molecular complexity index is 418. The molecule has 0 aliphatic carbocycles. The summed E-state index contributed by atoms with van der Waals surface area (Å²) in [6.07, 6.45) is 1.29. The van der Waals surface area contributed by atoms with Crippen LogP contribution in [0.2, 0.25) is 5.15 Å². The third-order valence-corrected chi connectivity index (χ3v) is 2.19. The van der Waals surface area contributed by atoms with Gasteiger partial charge in [0.15, 0.2) is 0 Å². The molecule has 0 aliphatic heterocycles. The first-order valence-corrected chi connectivity index (χ1v) is 5.23. The molecule has 0 saturated carbocycles. The standard InChI is InChI=1S/C6H8ClN3O2S/c1-4-2-5(3-9-6(4)7)10-13(8,11)12/h2-3,10H,1H3,(H2,8,11,12). The number of nitrogens with one attached hydrogen (secondary N) is 1. The lowest BCUT2D eigenvalue weighted by atomic mass is 10.3. The van der Waals surface area contributed by atoms with Gasteiger partial charge >= 0.3 is 0 Å². The van der Waals surface area contributed by atoms with Crippen molar-refractivity contribution in [2.24, 2.45) is 5.14 Å². The number of hydrogen-bond acceptors (Lipinski definition) is 3. The van der Waals surface area contributed by atoms with Crippen LogP contribution in [0.4, 0.5) is 5.69 Å². The maximum Gasteiger partial charge on any atom is 0.296 e. The topological polar surface area (TPSA) is 85.1 Å². The first kappa shape index (κ1) is 10.2. The number of nitrogens with two attached hydrogens (primary N) is 1. The first-order valence-electron chi connectivity index (χ1n) is 3.31. The van der Waals surface area contributed by atoms with Crippen LogP contribution in [0.25, 0.3) is 0 Å². The number of nitrogens with zero attached hydrogens (tertiary/aromatic N) is 1. The van der Waals surface area contributed by atoms with Crippen LogP contribution < -0.4 is 9.86 Å². The van der Waals surface area contributed by atoms with E-state index in [1.165, 1.54) is 6.20 Å². The lowest BCUT2D eigenvalue weighted by Crippen LogP contribution is -2.21. The van der Waals surface area contributed by atoms with E-state index in [4.69, 9.17) is 16.7 Å². The summed E-state index contributed by atoms with van der Waals surface area (Å²) in [5.74, 6) is 0. The van der Waals surface area contributed by atoms with Gasteiger partial charge in [0.25, 0.3) is 10.2 Å². The van der Waals surface area contributed by atoms with E-state index in [9.17, 15) is 8.42 Å². The van der Waals surface area contributed by atoms with Crippen molar-refractivity contribution >= 4 is 27.5 Å². The van der Waals surface area contributed by atoms with Gasteiger partial charge < -0.3 is 0 Å². The number of hydrogen-bond donors (Lipinski definition) is 2. The summed E-state index contributed by atoms with van der Waals surface area (Å²) >= 11 is 5.63. The van der Waals surface area contributed by atoms with Gasteiger partial charge in [0.05, 0.1) is 11.9 Å². The van der Waals surface area contributed by atoms with Gasteiger partial charge in [0, 0.05) is 0 Å². The molecule has 1 heterocycles. The number of aryl methyl sites for hydroxylation is 1. The molecular weight excluding hydrogens is 214 g/mol. The molecular formula is C6H8ClN3O2S. The quantitative estimate of drug-likeness (QED) is 0.720. The van der Waals surface area contributed by atoms with Crippen LogP contribution in [-0.2, 0) is 10.2 Å². The second-order valence-electron chi connectivity index (χ2n) is 2.48. The summed E-state index contributed by atoms with van der Waals surface area (Å²) < 4.78 is 23.3. The van der Waals surface area contributed by atoms with Crippen LogP contribution in [0.3, 0.4) is 0 Å². The molecule has 0 saturated heterocycles. The summed E-state index contributed by atoms with van der Waals surface area (Å²) in [7, 11) is -3.74. The van der Waals surface area contributed by atoms with Crippen molar-refractivity contribution < 1.29 is 8.42 Å². The van der Waals surface area contributed by atoms with Crippen molar-refractivity contribution in [3.8, 4) is 0 Å². The van der Waals surface area contributed by atoms with Crippen molar-refractivity contribution in [3.63, 3.8) is 0 Å². The Morgan fingerprint density at radius 1 is 1.62 bits per heavy atom. The molecule has 0 aliphatic rings. The maximum absolute atomic E-state index is 10.6. The maximum atomic E-state index is 10.6. The molecule has 7 heteroatoms. The Morgan fingerprint density at radius 2 is 2.23 bits per heavy atom. The van der Waals surface area contributed by atoms with Crippen LogP contribution in [0.5, 0.6) is 0 Å². The highest BCUT2D eigenvalue weighted by atomic mass is 35.5. The van der Waals surface area contributed by atoms with E-state index in [0.717, 1.165) is 0 Å². The molecule has 1 aromatic rings. The van der Waals surface area contributed by atoms with Gasteiger partial charge in [-0.25, -0.2) is 10.1 Å². The third kappa shape index (κ3) is 3.17. The highest BCUT2D eigenvalue weighted by Crippen LogP contribution is 2.16. The molecule has 0 fully saturated rings. The molecule has 13 heavy (non-hydrogen) atoms. The fourth-order valence-corrected chi connectivity index (χ4v) is 1.32. The molecule has 5 nitrogen and oxygen atoms in total. The smallest absolute Gasteiger partial charge is 0.270 e. The van der Waals surface area contributed by atoms with E-state index in [0.29, 0.717) is 16.4 Å². The van der Waals surface area contributed by atoms with Gasteiger partial charge in [0.2, 0.25) is 0 Å². The van der Waals surface area contributed by atoms with Gasteiger partial charge in [-0.05, 0) is 18.6 Å². The SMILES string of the molecule is Cc1cc(NS(N)(=O)=O)cnc1Cl. The van der Waals surface area contributed by atoms with Crippen LogP contribution >= 0.6 is 11.6 Å². The van der Waals surface area contributed by atoms with Crippen molar-refractivity contribution in [2.45, 2.75) is 6.92 Å². The van der Waals surface area contributed by atoms with E-state index < -0.39 is 10.2 Å². The molecule has 1 rings (SSSR count). The van der Waals surface area contributed by atoms with E-state index in [1.807, 2.05) is 0 Å². The second-order valence-corrected chi connectivity index (χ2v) is 4.13. The van der Waals surface area contributed by atoms with E-state index >= 15 is 0 Å². The predicted octanol–water partition coefficient (Wildman–Crippen LogP) is 0.659. The van der Waals surface area contributed by atoms with Crippen LogP contribution in [0.1, 0.15) is 5.56 Å². The monoisotopic (exact) mass is 221 g/mol. The minimum absolute atomic E-state index is 0.296. The average Bonchev–Trinajstić information content (AvgIpc) is 1.94. The summed E-state index contributed by atoms with van der Waals surface area (Å²) in [5.41, 5.74) is 0.972. The van der Waals surface area contributed by atoms with Crippen molar-refractivity contribution in [1.29, 1.82) is 0 Å². The summed E-state index contributed by atoms with van der Waals surface area (Å²) in [4.78, 5) is 3.75. The van der Waals surface area contributed by atoms with Crippen molar-refractivity contribution in [3.05, 3.63) is 23.0 Å². The van der Waals surface area contributed by atoms with Gasteiger partial charge in [-0.2, -0.15) is 8.42 Å². The minimum Gasteiger partial charge on any atom is -0.270 e. The molecule has 3 N–H and O–H groups in total. The molecule has 0 amide bonds. The molecule has 1 aromatic heterocycles. The van der Waals surface area contributed by atoms with E-state index in [2.05, 4.69) is 9.71 Å². The van der Waals surface area contributed by atoms with Gasteiger partial charge in [0.1, 0.15) is 5.15 Å². The third-order valence-electron chi connectivity index (χ3n) is 1.27. The normalized spacial score (nSPS) is 11.3. The number of anilines is 1.